The SMILES string of the molecule is NC(=O)NCCNC(=O)C(N)CCc1ccccc1. The lowest BCUT2D eigenvalue weighted by Crippen LogP contribution is -2.44. The minimum atomic E-state index is -0.609. The maximum absolute atomic E-state index is 11.6. The first-order valence-corrected chi connectivity index (χ1v) is 6.20. The minimum Gasteiger partial charge on any atom is -0.353 e. The number of hydrogen-bond acceptors (Lipinski definition) is 3. The van der Waals surface area contributed by atoms with E-state index in [4.69, 9.17) is 11.5 Å². The summed E-state index contributed by atoms with van der Waals surface area (Å²) in [6, 6.07) is 8.70. The Morgan fingerprint density at radius 2 is 1.74 bits per heavy atom. The number of primary amides is 1. The van der Waals surface area contributed by atoms with Crippen molar-refractivity contribution in [1.82, 2.24) is 10.6 Å². The number of nitrogens with two attached hydrogens (primary N) is 2. The third-order valence-electron chi connectivity index (χ3n) is 2.65. The van der Waals surface area contributed by atoms with Crippen LogP contribution in [-0.2, 0) is 11.2 Å². The van der Waals surface area contributed by atoms with Crippen molar-refractivity contribution >= 4 is 11.9 Å². The van der Waals surface area contributed by atoms with Crippen LogP contribution in [0.15, 0.2) is 30.3 Å². The highest BCUT2D eigenvalue weighted by Crippen LogP contribution is 2.03. The predicted octanol–water partition coefficient (Wildman–Crippen LogP) is -0.269. The normalized spacial score (nSPS) is 11.6. The van der Waals surface area contributed by atoms with Gasteiger partial charge in [-0.05, 0) is 18.4 Å². The van der Waals surface area contributed by atoms with Crippen LogP contribution in [0.3, 0.4) is 0 Å². The second kappa shape index (κ2) is 8.10. The van der Waals surface area contributed by atoms with E-state index in [1.54, 1.807) is 0 Å². The zero-order valence-electron chi connectivity index (χ0n) is 10.8. The molecule has 0 aliphatic rings. The molecule has 0 fully saturated rings. The first-order valence-electron chi connectivity index (χ1n) is 6.20. The number of benzene rings is 1. The van der Waals surface area contributed by atoms with E-state index < -0.39 is 12.1 Å². The lowest BCUT2D eigenvalue weighted by atomic mass is 10.1. The van der Waals surface area contributed by atoms with Crippen LogP contribution < -0.4 is 22.1 Å². The largest absolute Gasteiger partial charge is 0.353 e. The molecule has 3 amide bonds. The van der Waals surface area contributed by atoms with Crippen LogP contribution in [-0.4, -0.2) is 31.1 Å². The molecule has 1 atom stereocenters. The standard InChI is InChI=1S/C13H20N4O2/c14-11(7-6-10-4-2-1-3-5-10)12(18)16-8-9-17-13(15)19/h1-5,11H,6-9,14H2,(H,16,18)(H3,15,17,19). The number of carbonyl (C=O) groups excluding carboxylic acids is 2. The van der Waals surface area contributed by atoms with Crippen molar-refractivity contribution in [2.24, 2.45) is 11.5 Å². The summed E-state index contributed by atoms with van der Waals surface area (Å²) in [5.74, 6) is -0.220. The Bertz CT molecular complexity index is 408. The summed E-state index contributed by atoms with van der Waals surface area (Å²) in [4.78, 5) is 22.0. The van der Waals surface area contributed by atoms with Gasteiger partial charge in [-0.2, -0.15) is 0 Å². The zero-order valence-corrected chi connectivity index (χ0v) is 10.8. The molecule has 0 heterocycles. The van der Waals surface area contributed by atoms with Gasteiger partial charge in [0.25, 0.3) is 0 Å². The number of hydrogen-bond donors (Lipinski definition) is 4. The second-order valence-electron chi connectivity index (χ2n) is 4.21. The Kier molecular flexibility index (Phi) is 6.38. The number of nitrogens with one attached hydrogen (secondary N) is 2. The molecule has 0 radical (unpaired) electrons. The first kappa shape index (κ1) is 15.0. The van der Waals surface area contributed by atoms with Crippen molar-refractivity contribution in [2.45, 2.75) is 18.9 Å². The fourth-order valence-corrected chi connectivity index (χ4v) is 1.60. The molecule has 1 rings (SSSR count). The molecule has 1 aromatic rings. The van der Waals surface area contributed by atoms with Gasteiger partial charge in [0, 0.05) is 13.1 Å². The lowest BCUT2D eigenvalue weighted by Gasteiger charge is -2.12. The van der Waals surface area contributed by atoms with E-state index in [-0.39, 0.29) is 5.91 Å². The van der Waals surface area contributed by atoms with Crippen LogP contribution in [0, 0.1) is 0 Å². The average molecular weight is 264 g/mol. The van der Waals surface area contributed by atoms with Crippen molar-refractivity contribution in [3.05, 3.63) is 35.9 Å². The highest BCUT2D eigenvalue weighted by Gasteiger charge is 2.12. The molecular formula is C13H20N4O2. The van der Waals surface area contributed by atoms with E-state index in [0.29, 0.717) is 19.5 Å². The van der Waals surface area contributed by atoms with E-state index in [9.17, 15) is 9.59 Å². The summed E-state index contributed by atoms with van der Waals surface area (Å²) >= 11 is 0. The Hall–Kier alpha value is -2.08. The van der Waals surface area contributed by atoms with E-state index in [0.717, 1.165) is 12.0 Å². The summed E-state index contributed by atoms with van der Waals surface area (Å²) in [6.07, 6.45) is 1.34. The Labute approximate surface area is 112 Å². The van der Waals surface area contributed by atoms with Gasteiger partial charge in [0.15, 0.2) is 0 Å². The number of rotatable bonds is 7. The van der Waals surface area contributed by atoms with Gasteiger partial charge in [-0.1, -0.05) is 30.3 Å². The summed E-state index contributed by atoms with van der Waals surface area (Å²) in [6.45, 7) is 0.618. The molecule has 6 heteroatoms. The molecule has 0 saturated carbocycles. The van der Waals surface area contributed by atoms with Gasteiger partial charge < -0.3 is 22.1 Å². The van der Waals surface area contributed by atoms with Gasteiger partial charge in [0.05, 0.1) is 6.04 Å². The van der Waals surface area contributed by atoms with Crippen LogP contribution in [0.2, 0.25) is 0 Å². The molecule has 0 aliphatic heterocycles. The number of aryl methyl sites for hydroxylation is 1. The van der Waals surface area contributed by atoms with Crippen LogP contribution >= 0.6 is 0 Å². The fraction of sp³-hybridized carbons (Fsp3) is 0.385. The molecular weight excluding hydrogens is 244 g/mol. The molecule has 19 heavy (non-hydrogen) atoms. The average Bonchev–Trinajstić information content (AvgIpc) is 2.41. The molecule has 0 aliphatic carbocycles. The van der Waals surface area contributed by atoms with Gasteiger partial charge in [-0.3, -0.25) is 4.79 Å². The highest BCUT2D eigenvalue weighted by molar-refractivity contribution is 5.81. The molecule has 6 N–H and O–H groups in total. The molecule has 1 aromatic carbocycles. The van der Waals surface area contributed by atoms with Crippen molar-refractivity contribution in [1.29, 1.82) is 0 Å². The van der Waals surface area contributed by atoms with Gasteiger partial charge in [0.1, 0.15) is 0 Å². The molecule has 0 bridgehead atoms. The summed E-state index contributed by atoms with van der Waals surface area (Å²) in [5, 5.41) is 5.02. The number of carbonyl (C=O) groups is 2. The smallest absolute Gasteiger partial charge is 0.312 e. The third kappa shape index (κ3) is 6.42. The summed E-state index contributed by atoms with van der Waals surface area (Å²) in [7, 11) is 0. The third-order valence-corrected chi connectivity index (χ3v) is 2.65. The monoisotopic (exact) mass is 264 g/mol. The van der Waals surface area contributed by atoms with E-state index in [1.165, 1.54) is 0 Å². The molecule has 0 aromatic heterocycles. The molecule has 6 nitrogen and oxygen atoms in total. The quantitative estimate of drug-likeness (QED) is 0.509. The maximum Gasteiger partial charge on any atom is 0.312 e. The number of urea groups is 1. The zero-order chi connectivity index (χ0) is 14.1. The van der Waals surface area contributed by atoms with Crippen molar-refractivity contribution in [3.63, 3.8) is 0 Å². The lowest BCUT2D eigenvalue weighted by molar-refractivity contribution is -0.122. The predicted molar refractivity (Wildman–Crippen MR) is 73.3 cm³/mol. The van der Waals surface area contributed by atoms with Gasteiger partial charge in [-0.15, -0.1) is 0 Å². The van der Waals surface area contributed by atoms with Crippen LogP contribution in [0.4, 0.5) is 4.79 Å². The summed E-state index contributed by atoms with van der Waals surface area (Å²) < 4.78 is 0. The Morgan fingerprint density at radius 1 is 1.11 bits per heavy atom. The number of amides is 3. The molecule has 104 valence electrons. The maximum atomic E-state index is 11.6. The van der Waals surface area contributed by atoms with Crippen molar-refractivity contribution < 1.29 is 9.59 Å². The van der Waals surface area contributed by atoms with Crippen LogP contribution in [0.5, 0.6) is 0 Å². The Morgan fingerprint density at radius 3 is 2.37 bits per heavy atom. The van der Waals surface area contributed by atoms with E-state index in [2.05, 4.69) is 10.6 Å². The van der Waals surface area contributed by atoms with E-state index >= 15 is 0 Å². The fourth-order valence-electron chi connectivity index (χ4n) is 1.60. The second-order valence-corrected chi connectivity index (χ2v) is 4.21. The van der Waals surface area contributed by atoms with Gasteiger partial charge in [-0.25, -0.2) is 4.79 Å². The van der Waals surface area contributed by atoms with Crippen molar-refractivity contribution in [3.8, 4) is 0 Å². The Balaban J connectivity index is 2.20. The van der Waals surface area contributed by atoms with Crippen molar-refractivity contribution in [2.75, 3.05) is 13.1 Å². The summed E-state index contributed by atoms with van der Waals surface area (Å²) in [5.41, 5.74) is 11.8. The highest BCUT2D eigenvalue weighted by atomic mass is 16.2. The van der Waals surface area contributed by atoms with E-state index in [1.807, 2.05) is 30.3 Å². The molecule has 1 unspecified atom stereocenters. The molecule has 0 saturated heterocycles. The minimum absolute atomic E-state index is 0.220. The topological polar surface area (TPSA) is 110 Å². The molecule has 0 spiro atoms. The van der Waals surface area contributed by atoms with Crippen LogP contribution in [0.1, 0.15) is 12.0 Å². The first-order chi connectivity index (χ1) is 9.09. The van der Waals surface area contributed by atoms with Gasteiger partial charge >= 0.3 is 6.03 Å². The van der Waals surface area contributed by atoms with Gasteiger partial charge in [0.2, 0.25) is 5.91 Å². The van der Waals surface area contributed by atoms with Crippen LogP contribution in [0.25, 0.3) is 0 Å².